The van der Waals surface area contributed by atoms with Crippen LogP contribution in [0.5, 0.6) is 0 Å². The third-order valence-corrected chi connectivity index (χ3v) is 2.64. The lowest BCUT2D eigenvalue weighted by Crippen LogP contribution is -2.40. The smallest absolute Gasteiger partial charge is 0.253 e. The molecule has 0 saturated carbocycles. The minimum absolute atomic E-state index is 0.166. The van der Waals surface area contributed by atoms with E-state index in [1.165, 1.54) is 6.92 Å². The highest BCUT2D eigenvalue weighted by Crippen LogP contribution is 2.05. The summed E-state index contributed by atoms with van der Waals surface area (Å²) >= 11 is 1.76. The minimum Gasteiger partial charge on any atom is -0.306 e. The summed E-state index contributed by atoms with van der Waals surface area (Å²) in [5.74, 6) is 1.93. The summed E-state index contributed by atoms with van der Waals surface area (Å²) in [5, 5.41) is 2.84. The van der Waals surface area contributed by atoms with Crippen molar-refractivity contribution in [1.29, 1.82) is 0 Å². The van der Waals surface area contributed by atoms with E-state index in [0.717, 1.165) is 11.5 Å². The average Bonchev–Trinajstić information content (AvgIpc) is 2.00. The number of hydrogen-bond donors (Lipinski definition) is 1. The second-order valence-electron chi connectivity index (χ2n) is 2.85. The summed E-state index contributed by atoms with van der Waals surface area (Å²) in [6.45, 7) is 5.51. The molecule has 0 amide bonds. The topological polar surface area (TPSA) is 12.0 Å². The molecule has 2 atom stereocenters. The van der Waals surface area contributed by atoms with Gasteiger partial charge in [0, 0.05) is 11.8 Å². The van der Waals surface area contributed by atoms with Gasteiger partial charge in [0.25, 0.3) is 6.43 Å². The minimum atomic E-state index is -2.26. The van der Waals surface area contributed by atoms with E-state index in [0.29, 0.717) is 0 Å². The lowest BCUT2D eigenvalue weighted by Gasteiger charge is -2.18. The van der Waals surface area contributed by atoms with Gasteiger partial charge >= 0.3 is 0 Å². The maximum absolute atomic E-state index is 12.0. The van der Waals surface area contributed by atoms with Gasteiger partial charge in [-0.25, -0.2) is 8.78 Å². The van der Waals surface area contributed by atoms with Gasteiger partial charge in [-0.1, -0.05) is 6.92 Å². The molecule has 0 saturated heterocycles. The van der Waals surface area contributed by atoms with Crippen LogP contribution in [0, 0.1) is 0 Å². The van der Waals surface area contributed by atoms with Gasteiger partial charge in [-0.2, -0.15) is 11.8 Å². The summed E-state index contributed by atoms with van der Waals surface area (Å²) < 4.78 is 24.1. The monoisotopic (exact) mass is 197 g/mol. The summed E-state index contributed by atoms with van der Waals surface area (Å²) in [6.07, 6.45) is -2.26. The molecule has 0 aromatic heterocycles. The number of thioether (sulfide) groups is 1. The molecule has 0 bridgehead atoms. The molecule has 74 valence electrons. The third kappa shape index (κ3) is 5.77. The second kappa shape index (κ2) is 6.66. The molecular weight excluding hydrogens is 180 g/mol. The Labute approximate surface area is 77.3 Å². The molecule has 0 aromatic rings. The molecule has 1 N–H and O–H groups in total. The Hall–Kier alpha value is 0.170. The molecule has 0 aliphatic heterocycles. The van der Waals surface area contributed by atoms with E-state index in [2.05, 4.69) is 12.2 Å². The number of halogens is 2. The van der Waals surface area contributed by atoms with Crippen LogP contribution in [0.15, 0.2) is 0 Å². The van der Waals surface area contributed by atoms with Crippen molar-refractivity contribution < 1.29 is 8.78 Å². The van der Waals surface area contributed by atoms with Crippen LogP contribution < -0.4 is 5.32 Å². The van der Waals surface area contributed by atoms with E-state index < -0.39 is 12.5 Å². The summed E-state index contributed by atoms with van der Waals surface area (Å²) in [6, 6.07) is -0.531. The number of alkyl halides is 2. The number of hydrogen-bond acceptors (Lipinski definition) is 2. The number of rotatable bonds is 6. The van der Waals surface area contributed by atoms with Crippen molar-refractivity contribution in [3.05, 3.63) is 0 Å². The largest absolute Gasteiger partial charge is 0.306 e. The van der Waals surface area contributed by atoms with Gasteiger partial charge in [-0.3, -0.25) is 0 Å². The predicted octanol–water partition coefficient (Wildman–Crippen LogP) is 2.37. The van der Waals surface area contributed by atoms with E-state index in [-0.39, 0.29) is 6.04 Å². The Bertz CT molecular complexity index is 111. The highest BCUT2D eigenvalue weighted by atomic mass is 32.2. The SMILES string of the molecule is CCSCC(C)NC(C)C(F)F. The van der Waals surface area contributed by atoms with Crippen molar-refractivity contribution in [2.45, 2.75) is 39.3 Å². The molecule has 0 aromatic carbocycles. The molecule has 0 spiro atoms. The first-order valence-electron chi connectivity index (χ1n) is 4.19. The molecular formula is C8H17F2NS. The number of nitrogens with one attached hydrogen (secondary N) is 1. The summed E-state index contributed by atoms with van der Waals surface area (Å²) in [4.78, 5) is 0. The van der Waals surface area contributed by atoms with Gasteiger partial charge in [0.15, 0.2) is 0 Å². The van der Waals surface area contributed by atoms with Crippen LogP contribution in [0.3, 0.4) is 0 Å². The van der Waals surface area contributed by atoms with Crippen LogP contribution in [0.2, 0.25) is 0 Å². The van der Waals surface area contributed by atoms with Crippen LogP contribution in [0.4, 0.5) is 8.78 Å². The second-order valence-corrected chi connectivity index (χ2v) is 4.17. The summed E-state index contributed by atoms with van der Waals surface area (Å²) in [7, 11) is 0. The molecule has 0 fully saturated rings. The fourth-order valence-corrected chi connectivity index (χ4v) is 1.55. The zero-order chi connectivity index (χ0) is 9.56. The molecule has 12 heavy (non-hydrogen) atoms. The van der Waals surface area contributed by atoms with Gasteiger partial charge in [0.2, 0.25) is 0 Å². The van der Waals surface area contributed by atoms with E-state index >= 15 is 0 Å². The van der Waals surface area contributed by atoms with Crippen LogP contribution in [-0.2, 0) is 0 Å². The molecule has 4 heteroatoms. The lowest BCUT2D eigenvalue weighted by atomic mass is 10.3. The fourth-order valence-electron chi connectivity index (χ4n) is 0.864. The van der Waals surface area contributed by atoms with Crippen molar-refractivity contribution in [2.75, 3.05) is 11.5 Å². The normalized spacial score (nSPS) is 16.5. The summed E-state index contributed by atoms with van der Waals surface area (Å²) in [5.41, 5.74) is 0. The first kappa shape index (κ1) is 12.2. The van der Waals surface area contributed by atoms with Gasteiger partial charge in [-0.15, -0.1) is 0 Å². The highest BCUT2D eigenvalue weighted by Gasteiger charge is 2.15. The van der Waals surface area contributed by atoms with Crippen molar-refractivity contribution in [1.82, 2.24) is 5.32 Å². The zero-order valence-electron chi connectivity index (χ0n) is 7.81. The van der Waals surface area contributed by atoms with Gasteiger partial charge < -0.3 is 5.32 Å². The maximum Gasteiger partial charge on any atom is 0.253 e. The lowest BCUT2D eigenvalue weighted by molar-refractivity contribution is 0.102. The Balaban J connectivity index is 3.47. The van der Waals surface area contributed by atoms with Gasteiger partial charge in [-0.05, 0) is 19.6 Å². The van der Waals surface area contributed by atoms with Crippen LogP contribution >= 0.6 is 11.8 Å². The van der Waals surface area contributed by atoms with Crippen molar-refractivity contribution in [2.24, 2.45) is 0 Å². The molecule has 0 rings (SSSR count). The van der Waals surface area contributed by atoms with E-state index in [1.807, 2.05) is 6.92 Å². The van der Waals surface area contributed by atoms with Crippen LogP contribution in [0.1, 0.15) is 20.8 Å². The molecule has 0 heterocycles. The Morgan fingerprint density at radius 1 is 1.33 bits per heavy atom. The predicted molar refractivity (Wildman–Crippen MR) is 51.1 cm³/mol. The zero-order valence-corrected chi connectivity index (χ0v) is 8.63. The van der Waals surface area contributed by atoms with E-state index in [1.54, 1.807) is 11.8 Å². The molecule has 0 aliphatic carbocycles. The molecule has 1 nitrogen and oxygen atoms in total. The highest BCUT2D eigenvalue weighted by molar-refractivity contribution is 7.99. The third-order valence-electron chi connectivity index (χ3n) is 1.50. The first-order valence-corrected chi connectivity index (χ1v) is 5.35. The van der Waals surface area contributed by atoms with Crippen molar-refractivity contribution in [3.8, 4) is 0 Å². The molecule has 2 unspecified atom stereocenters. The quantitative estimate of drug-likeness (QED) is 0.701. The van der Waals surface area contributed by atoms with Gasteiger partial charge in [0.1, 0.15) is 0 Å². The van der Waals surface area contributed by atoms with E-state index in [9.17, 15) is 8.78 Å². The molecule has 0 radical (unpaired) electrons. The molecule has 0 aliphatic rings. The van der Waals surface area contributed by atoms with Crippen molar-refractivity contribution >= 4 is 11.8 Å². The Morgan fingerprint density at radius 3 is 2.33 bits per heavy atom. The maximum atomic E-state index is 12.0. The van der Waals surface area contributed by atoms with Gasteiger partial charge in [0.05, 0.1) is 6.04 Å². The van der Waals surface area contributed by atoms with E-state index in [4.69, 9.17) is 0 Å². The Morgan fingerprint density at radius 2 is 1.92 bits per heavy atom. The first-order chi connectivity index (χ1) is 5.57. The van der Waals surface area contributed by atoms with Crippen LogP contribution in [0.25, 0.3) is 0 Å². The van der Waals surface area contributed by atoms with Crippen molar-refractivity contribution in [3.63, 3.8) is 0 Å². The van der Waals surface area contributed by atoms with Crippen LogP contribution in [-0.4, -0.2) is 30.0 Å². The Kier molecular flexibility index (Phi) is 6.76. The average molecular weight is 197 g/mol. The fraction of sp³-hybridized carbons (Fsp3) is 1.00. The standard InChI is InChI=1S/C8H17F2NS/c1-4-12-5-6(2)11-7(3)8(9)10/h6-8,11H,4-5H2,1-3H3.